The third kappa shape index (κ3) is 7.66. The maximum Gasteiger partial charge on any atom is 0.338 e. The van der Waals surface area contributed by atoms with Gasteiger partial charge in [-0.15, -0.1) is 0 Å². The molecule has 0 N–H and O–H groups in total. The summed E-state index contributed by atoms with van der Waals surface area (Å²) in [7, 11) is 1.54. The third-order valence-corrected chi connectivity index (χ3v) is 9.74. The molecule has 9 nitrogen and oxygen atoms in total. The predicted molar refractivity (Wildman–Crippen MR) is 200 cm³/mol. The third-order valence-electron chi connectivity index (χ3n) is 7.96. The lowest BCUT2D eigenvalue weighted by molar-refractivity contribution is -0.138. The van der Waals surface area contributed by atoms with Crippen molar-refractivity contribution in [3.63, 3.8) is 0 Å². The number of thiazole rings is 1. The molecule has 4 aromatic carbocycles. The van der Waals surface area contributed by atoms with Crippen molar-refractivity contribution in [2.75, 3.05) is 20.3 Å². The van der Waals surface area contributed by atoms with E-state index in [0.717, 1.165) is 9.13 Å². The lowest BCUT2D eigenvalue weighted by atomic mass is 9.93. The van der Waals surface area contributed by atoms with Crippen LogP contribution in [0.2, 0.25) is 0 Å². The standard InChI is InChI=1S/C39H32FIN2O7S/c1-4-48-37(45)27-13-11-23(12-14-27)22-50-35-29(41)19-24(20-30(35)47-3)21-31-36(44)43-34(26-15-17-28(40)18-16-26)32(38(46)49-5-2)33(42-39(43)51-31)25-9-7-6-8-10-25/h6-21,34H,4-5,22H2,1-3H3/b31-21-/t34-/m0/s1. The van der Waals surface area contributed by atoms with Crippen molar-refractivity contribution < 1.29 is 32.9 Å². The zero-order chi connectivity index (χ0) is 36.1. The van der Waals surface area contributed by atoms with E-state index in [2.05, 4.69) is 22.6 Å². The quantitative estimate of drug-likeness (QED) is 0.112. The molecule has 12 heteroatoms. The first-order valence-electron chi connectivity index (χ1n) is 16.0. The first-order chi connectivity index (χ1) is 24.7. The van der Waals surface area contributed by atoms with E-state index < -0.39 is 17.8 Å². The van der Waals surface area contributed by atoms with E-state index in [1.54, 1.807) is 62.4 Å². The molecule has 0 saturated carbocycles. The Balaban J connectivity index is 1.41. The lowest BCUT2D eigenvalue weighted by Crippen LogP contribution is -2.40. The van der Waals surface area contributed by atoms with Gasteiger partial charge in [-0.25, -0.2) is 19.0 Å². The number of hydrogen-bond acceptors (Lipinski definition) is 9. The topological polar surface area (TPSA) is 105 Å². The second-order valence-corrected chi connectivity index (χ2v) is 13.4. The fourth-order valence-electron chi connectivity index (χ4n) is 5.62. The zero-order valence-corrected chi connectivity index (χ0v) is 30.8. The molecule has 1 atom stereocenters. The van der Waals surface area contributed by atoms with Gasteiger partial charge in [0.1, 0.15) is 12.4 Å². The smallest absolute Gasteiger partial charge is 0.338 e. The lowest BCUT2D eigenvalue weighted by Gasteiger charge is -2.25. The zero-order valence-electron chi connectivity index (χ0n) is 27.9. The Morgan fingerprint density at radius 3 is 2.29 bits per heavy atom. The van der Waals surface area contributed by atoms with Crippen molar-refractivity contribution in [1.29, 1.82) is 0 Å². The van der Waals surface area contributed by atoms with E-state index in [1.807, 2.05) is 36.4 Å². The van der Waals surface area contributed by atoms with Crippen LogP contribution in [0, 0.1) is 9.39 Å². The van der Waals surface area contributed by atoms with Crippen molar-refractivity contribution in [2.45, 2.75) is 26.5 Å². The number of carbonyl (C=O) groups excluding carboxylic acids is 2. The second-order valence-electron chi connectivity index (χ2n) is 11.2. The number of nitrogens with zero attached hydrogens (tertiary/aromatic N) is 2. The van der Waals surface area contributed by atoms with Gasteiger partial charge < -0.3 is 18.9 Å². The Morgan fingerprint density at radius 2 is 1.63 bits per heavy atom. The molecule has 1 aliphatic heterocycles. The largest absolute Gasteiger partial charge is 0.493 e. The Bertz CT molecular complexity index is 2300. The number of fused-ring (bicyclic) bond motifs is 1. The van der Waals surface area contributed by atoms with Gasteiger partial charge in [0.25, 0.3) is 5.56 Å². The van der Waals surface area contributed by atoms with Crippen LogP contribution in [0.5, 0.6) is 11.5 Å². The predicted octanol–water partition coefficient (Wildman–Crippen LogP) is 6.44. The number of aromatic nitrogens is 1. The number of ether oxygens (including phenoxy) is 4. The highest BCUT2D eigenvalue weighted by Gasteiger charge is 2.35. The van der Waals surface area contributed by atoms with Crippen molar-refractivity contribution >= 4 is 57.6 Å². The molecule has 0 unspecified atom stereocenters. The molecule has 0 radical (unpaired) electrons. The molecule has 2 heterocycles. The summed E-state index contributed by atoms with van der Waals surface area (Å²) < 4.78 is 39.1. The molecule has 1 aromatic heterocycles. The summed E-state index contributed by atoms with van der Waals surface area (Å²) in [6.07, 6.45) is 1.74. The average molecular weight is 819 g/mol. The summed E-state index contributed by atoms with van der Waals surface area (Å²) in [6, 6.07) is 24.6. The molecular formula is C39H32FIN2O7S. The Labute approximate surface area is 310 Å². The fourth-order valence-corrected chi connectivity index (χ4v) is 7.40. The molecule has 0 amide bonds. The Morgan fingerprint density at radius 1 is 0.941 bits per heavy atom. The van der Waals surface area contributed by atoms with E-state index in [-0.39, 0.29) is 30.3 Å². The van der Waals surface area contributed by atoms with Gasteiger partial charge in [-0.3, -0.25) is 9.36 Å². The summed E-state index contributed by atoms with van der Waals surface area (Å²) in [6.45, 7) is 4.11. The van der Waals surface area contributed by atoms with Crippen LogP contribution in [0.25, 0.3) is 11.8 Å². The monoisotopic (exact) mass is 818 g/mol. The molecule has 0 aliphatic carbocycles. The molecule has 260 valence electrons. The Hall–Kier alpha value is -5.08. The number of hydrogen-bond donors (Lipinski definition) is 0. The van der Waals surface area contributed by atoms with Crippen LogP contribution >= 0.6 is 33.9 Å². The highest BCUT2D eigenvalue weighted by molar-refractivity contribution is 14.1. The molecule has 0 spiro atoms. The van der Waals surface area contributed by atoms with Crippen LogP contribution < -0.4 is 24.4 Å². The molecule has 51 heavy (non-hydrogen) atoms. The van der Waals surface area contributed by atoms with Gasteiger partial charge in [-0.05, 0) is 95.6 Å². The molecular weight excluding hydrogens is 786 g/mol. The van der Waals surface area contributed by atoms with Crippen molar-refractivity contribution in [2.24, 2.45) is 4.99 Å². The summed E-state index contributed by atoms with van der Waals surface area (Å²) >= 11 is 3.34. The van der Waals surface area contributed by atoms with Crippen LogP contribution in [0.4, 0.5) is 4.39 Å². The van der Waals surface area contributed by atoms with Gasteiger partial charge in [0.05, 0.1) is 51.3 Å². The number of benzene rings is 4. The highest BCUT2D eigenvalue weighted by Crippen LogP contribution is 2.36. The van der Waals surface area contributed by atoms with E-state index in [1.165, 1.54) is 35.1 Å². The maximum atomic E-state index is 14.3. The number of carbonyl (C=O) groups is 2. The minimum absolute atomic E-state index is 0.118. The van der Waals surface area contributed by atoms with Gasteiger partial charge in [-0.2, -0.15) is 0 Å². The second kappa shape index (κ2) is 15.9. The SMILES string of the molecule is CCOC(=O)C1=C(c2ccccc2)N=c2s/c(=C\c3cc(I)c(OCc4ccc(C(=O)OCC)cc4)c(OC)c3)c(=O)n2[C@H]1c1ccc(F)cc1. The van der Waals surface area contributed by atoms with Crippen LogP contribution in [0.15, 0.2) is 106 Å². The van der Waals surface area contributed by atoms with Crippen LogP contribution in [-0.2, 0) is 20.9 Å². The van der Waals surface area contributed by atoms with E-state index in [9.17, 15) is 18.8 Å². The van der Waals surface area contributed by atoms with Crippen molar-refractivity contribution in [1.82, 2.24) is 4.57 Å². The van der Waals surface area contributed by atoms with E-state index in [4.69, 9.17) is 23.9 Å². The number of halogens is 2. The van der Waals surface area contributed by atoms with Crippen LogP contribution in [-0.4, -0.2) is 36.8 Å². The molecule has 0 saturated heterocycles. The van der Waals surface area contributed by atoms with Gasteiger partial charge in [0.2, 0.25) is 0 Å². The highest BCUT2D eigenvalue weighted by atomic mass is 127. The van der Waals surface area contributed by atoms with Crippen LogP contribution in [0.3, 0.4) is 0 Å². The van der Waals surface area contributed by atoms with Gasteiger partial charge >= 0.3 is 11.9 Å². The van der Waals surface area contributed by atoms with Gasteiger partial charge in [-0.1, -0.05) is 65.9 Å². The maximum absolute atomic E-state index is 14.3. The first kappa shape index (κ1) is 35.7. The molecule has 6 rings (SSSR count). The first-order valence-corrected chi connectivity index (χ1v) is 17.9. The van der Waals surface area contributed by atoms with Crippen LogP contribution in [0.1, 0.15) is 52.5 Å². The summed E-state index contributed by atoms with van der Waals surface area (Å²) in [5.74, 6) is -0.461. The van der Waals surface area contributed by atoms with Crippen molar-refractivity contribution in [3.8, 4) is 11.5 Å². The normalized spacial score (nSPS) is 14.1. The molecule has 0 fully saturated rings. The van der Waals surface area contributed by atoms with Gasteiger partial charge in [0.15, 0.2) is 16.3 Å². The van der Waals surface area contributed by atoms with Crippen molar-refractivity contribution in [3.05, 3.63) is 153 Å². The Kier molecular flexibility index (Phi) is 11.1. The van der Waals surface area contributed by atoms with Gasteiger partial charge in [0, 0.05) is 5.56 Å². The average Bonchev–Trinajstić information content (AvgIpc) is 3.45. The number of methoxy groups -OCH3 is 1. The number of rotatable bonds is 11. The number of esters is 2. The van der Waals surface area contributed by atoms with E-state index >= 15 is 0 Å². The minimum Gasteiger partial charge on any atom is -0.493 e. The minimum atomic E-state index is -0.921. The molecule has 5 aromatic rings. The summed E-state index contributed by atoms with van der Waals surface area (Å²) in [5.41, 5.74) is 3.38. The van der Waals surface area contributed by atoms with E-state index in [0.29, 0.717) is 55.4 Å². The summed E-state index contributed by atoms with van der Waals surface area (Å²) in [5, 5.41) is 0. The molecule has 0 bridgehead atoms. The summed E-state index contributed by atoms with van der Waals surface area (Å²) in [4.78, 5) is 45.1. The molecule has 1 aliphatic rings. The fraction of sp³-hybridized carbons (Fsp3) is 0.179.